The highest BCUT2D eigenvalue weighted by molar-refractivity contribution is 8.19. The van der Waals surface area contributed by atoms with E-state index in [0.29, 0.717) is 40.3 Å². The highest BCUT2D eigenvalue weighted by Crippen LogP contribution is 2.37. The summed E-state index contributed by atoms with van der Waals surface area (Å²) >= 11 is 6.84. The summed E-state index contributed by atoms with van der Waals surface area (Å²) in [7, 11) is 0. The van der Waals surface area contributed by atoms with Crippen LogP contribution in [-0.2, 0) is 11.4 Å². The summed E-state index contributed by atoms with van der Waals surface area (Å²) in [6.45, 7) is 2.80. The van der Waals surface area contributed by atoms with E-state index in [1.54, 1.807) is 30.3 Å². The molecule has 7 heteroatoms. The molecule has 4 rings (SSSR count). The topological polar surface area (TPSA) is 55.8 Å². The zero-order valence-electron chi connectivity index (χ0n) is 17.3. The second kappa shape index (κ2) is 9.94. The zero-order chi connectivity index (χ0) is 22.5. The van der Waals surface area contributed by atoms with Crippen molar-refractivity contribution in [3.63, 3.8) is 0 Å². The number of nitrogens with zero attached hydrogens (tertiary/aromatic N) is 1. The van der Waals surface area contributed by atoms with Gasteiger partial charge < -0.3 is 9.47 Å². The van der Waals surface area contributed by atoms with Crippen molar-refractivity contribution < 1.29 is 19.1 Å². The zero-order valence-corrected chi connectivity index (χ0v) is 18.9. The molecular formula is C25H20ClNO4S. The molecule has 0 saturated carbocycles. The van der Waals surface area contributed by atoms with Crippen LogP contribution in [0.1, 0.15) is 18.1 Å². The molecule has 0 aromatic heterocycles. The maximum Gasteiger partial charge on any atom is 0.298 e. The van der Waals surface area contributed by atoms with E-state index in [2.05, 4.69) is 0 Å². The van der Waals surface area contributed by atoms with Crippen LogP contribution in [0.25, 0.3) is 6.08 Å². The lowest BCUT2D eigenvalue weighted by Crippen LogP contribution is -2.27. The molecule has 1 aliphatic heterocycles. The Morgan fingerprint density at radius 3 is 2.38 bits per heavy atom. The summed E-state index contributed by atoms with van der Waals surface area (Å²) in [6.07, 6.45) is 1.69. The monoisotopic (exact) mass is 465 g/mol. The van der Waals surface area contributed by atoms with Gasteiger partial charge in [0, 0.05) is 10.6 Å². The smallest absolute Gasteiger partial charge is 0.298 e. The number of thioether (sulfide) groups is 1. The quantitative estimate of drug-likeness (QED) is 0.370. The molecule has 1 aliphatic rings. The molecule has 0 N–H and O–H groups in total. The van der Waals surface area contributed by atoms with Gasteiger partial charge in [0.25, 0.3) is 11.1 Å². The van der Waals surface area contributed by atoms with E-state index in [1.165, 1.54) is 4.90 Å². The SMILES string of the molecule is CCOc1ccc(N2C(=O)S/C(=C\c3ccccc3OCc3ccc(Cl)cc3)C2=O)cc1. The number of imide groups is 1. The third-order valence-electron chi connectivity index (χ3n) is 4.71. The Morgan fingerprint density at radius 2 is 1.66 bits per heavy atom. The van der Waals surface area contributed by atoms with Crippen LogP contribution in [0.4, 0.5) is 10.5 Å². The summed E-state index contributed by atoms with van der Waals surface area (Å²) in [4.78, 5) is 27.1. The lowest BCUT2D eigenvalue weighted by atomic mass is 10.1. The van der Waals surface area contributed by atoms with Gasteiger partial charge in [0.05, 0.1) is 17.2 Å². The van der Waals surface area contributed by atoms with Crippen LogP contribution >= 0.6 is 23.4 Å². The molecule has 5 nitrogen and oxygen atoms in total. The Balaban J connectivity index is 1.53. The van der Waals surface area contributed by atoms with Crippen LogP contribution < -0.4 is 14.4 Å². The first-order valence-electron chi connectivity index (χ1n) is 10.0. The lowest BCUT2D eigenvalue weighted by Gasteiger charge is -2.13. The average molecular weight is 466 g/mol. The van der Waals surface area contributed by atoms with Crippen LogP contribution in [-0.4, -0.2) is 17.8 Å². The van der Waals surface area contributed by atoms with Gasteiger partial charge in [0.15, 0.2) is 0 Å². The van der Waals surface area contributed by atoms with Crippen molar-refractivity contribution in [3.8, 4) is 11.5 Å². The predicted molar refractivity (Wildman–Crippen MR) is 128 cm³/mol. The molecular weight excluding hydrogens is 446 g/mol. The van der Waals surface area contributed by atoms with Crippen LogP contribution in [0.2, 0.25) is 5.02 Å². The van der Waals surface area contributed by atoms with E-state index in [4.69, 9.17) is 21.1 Å². The second-order valence-electron chi connectivity index (χ2n) is 6.90. The average Bonchev–Trinajstić information content (AvgIpc) is 3.08. The van der Waals surface area contributed by atoms with Gasteiger partial charge >= 0.3 is 0 Å². The summed E-state index contributed by atoms with van der Waals surface area (Å²) in [5, 5.41) is 0.322. The van der Waals surface area contributed by atoms with E-state index in [-0.39, 0.29) is 11.1 Å². The number of hydrogen-bond donors (Lipinski definition) is 0. The summed E-state index contributed by atoms with van der Waals surface area (Å²) in [6, 6.07) is 21.7. The fourth-order valence-electron chi connectivity index (χ4n) is 3.16. The minimum absolute atomic E-state index is 0.339. The standard InChI is InChI=1S/C25H20ClNO4S/c1-2-30-21-13-11-20(12-14-21)27-24(28)23(32-25(27)29)15-18-5-3-4-6-22(18)31-16-17-7-9-19(26)10-8-17/h3-15H,2,16H2,1H3/b23-15-. The Labute approximate surface area is 195 Å². The number of rotatable bonds is 7. The van der Waals surface area contributed by atoms with Gasteiger partial charge in [-0.05, 0) is 72.8 Å². The van der Waals surface area contributed by atoms with Crippen molar-refractivity contribution in [1.82, 2.24) is 0 Å². The number of carbonyl (C=O) groups is 2. The number of ether oxygens (including phenoxy) is 2. The minimum atomic E-state index is -0.364. The van der Waals surface area contributed by atoms with Crippen LogP contribution in [0.5, 0.6) is 11.5 Å². The third-order valence-corrected chi connectivity index (χ3v) is 5.83. The summed E-state index contributed by atoms with van der Waals surface area (Å²) in [5.41, 5.74) is 2.20. The molecule has 0 unspecified atom stereocenters. The first-order chi connectivity index (χ1) is 15.5. The first-order valence-corrected chi connectivity index (χ1v) is 11.2. The number of amides is 2. The number of carbonyl (C=O) groups excluding carboxylic acids is 2. The fraction of sp³-hybridized carbons (Fsp3) is 0.120. The van der Waals surface area contributed by atoms with Gasteiger partial charge in [0.2, 0.25) is 0 Å². The third kappa shape index (κ3) is 4.98. The Kier molecular flexibility index (Phi) is 6.83. The molecule has 1 saturated heterocycles. The van der Waals surface area contributed by atoms with E-state index < -0.39 is 0 Å². The molecule has 1 heterocycles. The molecule has 3 aromatic carbocycles. The lowest BCUT2D eigenvalue weighted by molar-refractivity contribution is -0.113. The Bertz CT molecular complexity index is 1160. The maximum absolute atomic E-state index is 13.0. The molecule has 0 bridgehead atoms. The molecule has 0 aliphatic carbocycles. The van der Waals surface area contributed by atoms with Crippen LogP contribution in [0, 0.1) is 0 Å². The van der Waals surface area contributed by atoms with Crippen molar-refractivity contribution >= 4 is 46.3 Å². The molecule has 0 spiro atoms. The van der Waals surface area contributed by atoms with Gasteiger partial charge in [-0.25, -0.2) is 4.90 Å². The molecule has 3 aromatic rings. The van der Waals surface area contributed by atoms with E-state index in [1.807, 2.05) is 55.5 Å². The molecule has 0 atom stereocenters. The summed E-state index contributed by atoms with van der Waals surface area (Å²) < 4.78 is 11.4. The number of hydrogen-bond acceptors (Lipinski definition) is 5. The Hall–Kier alpha value is -3.22. The van der Waals surface area contributed by atoms with Crippen molar-refractivity contribution in [2.75, 3.05) is 11.5 Å². The predicted octanol–water partition coefficient (Wildman–Crippen LogP) is 6.56. The van der Waals surface area contributed by atoms with E-state index >= 15 is 0 Å². The maximum atomic E-state index is 13.0. The second-order valence-corrected chi connectivity index (χ2v) is 8.33. The van der Waals surface area contributed by atoms with E-state index in [9.17, 15) is 9.59 Å². The number of benzene rings is 3. The van der Waals surface area contributed by atoms with E-state index in [0.717, 1.165) is 22.9 Å². The summed E-state index contributed by atoms with van der Waals surface area (Å²) in [5.74, 6) is 0.942. The Morgan fingerprint density at radius 1 is 0.938 bits per heavy atom. The van der Waals surface area contributed by atoms with Crippen molar-refractivity contribution in [2.24, 2.45) is 0 Å². The molecule has 0 radical (unpaired) electrons. The van der Waals surface area contributed by atoms with Gasteiger partial charge in [0.1, 0.15) is 18.1 Å². The fourth-order valence-corrected chi connectivity index (χ4v) is 4.12. The molecule has 2 amide bonds. The molecule has 32 heavy (non-hydrogen) atoms. The van der Waals surface area contributed by atoms with Gasteiger partial charge in [-0.2, -0.15) is 0 Å². The highest BCUT2D eigenvalue weighted by Gasteiger charge is 2.36. The minimum Gasteiger partial charge on any atom is -0.494 e. The van der Waals surface area contributed by atoms with Crippen molar-refractivity contribution in [1.29, 1.82) is 0 Å². The van der Waals surface area contributed by atoms with Gasteiger partial charge in [-0.1, -0.05) is 41.9 Å². The largest absolute Gasteiger partial charge is 0.494 e. The van der Waals surface area contributed by atoms with Crippen molar-refractivity contribution in [3.05, 3.63) is 93.9 Å². The molecule has 1 fully saturated rings. The molecule has 162 valence electrons. The van der Waals surface area contributed by atoms with Crippen molar-refractivity contribution in [2.45, 2.75) is 13.5 Å². The number of halogens is 1. The van der Waals surface area contributed by atoms with Crippen LogP contribution in [0.3, 0.4) is 0 Å². The van der Waals surface area contributed by atoms with Gasteiger partial charge in [-0.15, -0.1) is 0 Å². The first kappa shape index (κ1) is 22.0. The van der Waals surface area contributed by atoms with Gasteiger partial charge in [-0.3, -0.25) is 9.59 Å². The normalized spacial score (nSPS) is 14.8. The highest BCUT2D eigenvalue weighted by atomic mass is 35.5. The number of para-hydroxylation sites is 1. The number of anilines is 1. The van der Waals surface area contributed by atoms with Crippen LogP contribution in [0.15, 0.2) is 77.7 Å².